The molecule has 0 spiro atoms. The van der Waals surface area contributed by atoms with Crippen molar-refractivity contribution in [2.24, 2.45) is 0 Å². The van der Waals surface area contributed by atoms with E-state index in [0.717, 1.165) is 16.8 Å². The topological polar surface area (TPSA) is 63.1 Å². The van der Waals surface area contributed by atoms with Gasteiger partial charge in [0.1, 0.15) is 12.7 Å². The normalized spacial score (nSPS) is 13.3. The van der Waals surface area contributed by atoms with E-state index < -0.39 is 0 Å². The van der Waals surface area contributed by atoms with Crippen molar-refractivity contribution in [1.29, 1.82) is 0 Å². The number of amides is 1. The standard InChI is InChI=1S/C21H24ClN5O/c1-15(19-6-4-5-7-20(19)22)25-21(28)12-26(3)16(2)17-8-10-18(11-9-17)27-14-23-13-24-27/h4-11,13-16H,12H2,1-3H3,(H,25,28)/t15-,16+/m1/s1. The van der Waals surface area contributed by atoms with E-state index in [-0.39, 0.29) is 18.0 Å². The molecule has 28 heavy (non-hydrogen) atoms. The molecule has 0 unspecified atom stereocenters. The van der Waals surface area contributed by atoms with Gasteiger partial charge in [0.25, 0.3) is 0 Å². The van der Waals surface area contributed by atoms with Crippen molar-refractivity contribution in [1.82, 2.24) is 25.0 Å². The van der Waals surface area contributed by atoms with Crippen LogP contribution in [-0.4, -0.2) is 39.2 Å². The predicted octanol–water partition coefficient (Wildman–Crippen LogP) is 3.79. The highest BCUT2D eigenvalue weighted by Gasteiger charge is 2.17. The Morgan fingerprint density at radius 1 is 1.18 bits per heavy atom. The number of likely N-dealkylation sites (N-methyl/N-ethyl adjacent to an activating group) is 1. The summed E-state index contributed by atoms with van der Waals surface area (Å²) in [6.45, 7) is 4.31. The van der Waals surface area contributed by atoms with E-state index in [1.165, 1.54) is 6.33 Å². The highest BCUT2D eigenvalue weighted by Crippen LogP contribution is 2.23. The quantitative estimate of drug-likeness (QED) is 0.658. The Morgan fingerprint density at radius 2 is 1.89 bits per heavy atom. The molecule has 0 radical (unpaired) electrons. The fraction of sp³-hybridized carbons (Fsp3) is 0.286. The number of nitrogens with zero attached hydrogens (tertiary/aromatic N) is 4. The number of hydrogen-bond acceptors (Lipinski definition) is 4. The van der Waals surface area contributed by atoms with Crippen molar-refractivity contribution in [2.75, 3.05) is 13.6 Å². The molecule has 2 atom stereocenters. The van der Waals surface area contributed by atoms with Crippen molar-refractivity contribution in [2.45, 2.75) is 25.9 Å². The largest absolute Gasteiger partial charge is 0.348 e. The summed E-state index contributed by atoms with van der Waals surface area (Å²) < 4.78 is 1.71. The number of hydrogen-bond donors (Lipinski definition) is 1. The van der Waals surface area contributed by atoms with Crippen LogP contribution >= 0.6 is 11.6 Å². The fourth-order valence-electron chi connectivity index (χ4n) is 3.06. The lowest BCUT2D eigenvalue weighted by molar-refractivity contribution is -0.123. The SMILES string of the molecule is C[C@@H](NC(=O)CN(C)[C@@H](C)c1ccc(-n2cncn2)cc1)c1ccccc1Cl. The van der Waals surface area contributed by atoms with E-state index in [1.54, 1.807) is 11.0 Å². The molecule has 1 aromatic heterocycles. The minimum Gasteiger partial charge on any atom is -0.348 e. The van der Waals surface area contributed by atoms with Crippen molar-refractivity contribution >= 4 is 17.5 Å². The molecule has 1 amide bonds. The maximum Gasteiger partial charge on any atom is 0.234 e. The van der Waals surface area contributed by atoms with Crippen LogP contribution in [-0.2, 0) is 4.79 Å². The van der Waals surface area contributed by atoms with Crippen LogP contribution in [0.2, 0.25) is 5.02 Å². The number of halogens is 1. The summed E-state index contributed by atoms with van der Waals surface area (Å²) >= 11 is 6.22. The summed E-state index contributed by atoms with van der Waals surface area (Å²) in [7, 11) is 1.94. The summed E-state index contributed by atoms with van der Waals surface area (Å²) in [5.74, 6) is -0.0407. The lowest BCUT2D eigenvalue weighted by atomic mass is 10.1. The van der Waals surface area contributed by atoms with Crippen LogP contribution in [0.15, 0.2) is 61.2 Å². The van der Waals surface area contributed by atoms with Crippen molar-refractivity contribution in [3.63, 3.8) is 0 Å². The third-order valence-electron chi connectivity index (χ3n) is 4.86. The van der Waals surface area contributed by atoms with E-state index in [2.05, 4.69) is 22.3 Å². The van der Waals surface area contributed by atoms with Gasteiger partial charge in [0.15, 0.2) is 0 Å². The summed E-state index contributed by atoms with van der Waals surface area (Å²) in [5.41, 5.74) is 2.98. The first kappa shape index (κ1) is 20.0. The summed E-state index contributed by atoms with van der Waals surface area (Å²) in [6.07, 6.45) is 3.17. The first-order chi connectivity index (χ1) is 13.5. The molecular weight excluding hydrogens is 374 g/mol. The zero-order valence-corrected chi connectivity index (χ0v) is 17.0. The Kier molecular flexibility index (Phi) is 6.44. The van der Waals surface area contributed by atoms with Gasteiger partial charge in [0.05, 0.1) is 18.3 Å². The minimum absolute atomic E-state index is 0.0407. The molecule has 7 heteroatoms. The number of rotatable bonds is 7. The van der Waals surface area contributed by atoms with Gasteiger partial charge in [0, 0.05) is 11.1 Å². The Hall–Kier alpha value is -2.70. The molecule has 0 aliphatic heterocycles. The number of benzene rings is 2. The van der Waals surface area contributed by atoms with Gasteiger partial charge in [-0.2, -0.15) is 5.10 Å². The van der Waals surface area contributed by atoms with E-state index in [0.29, 0.717) is 11.6 Å². The molecule has 0 saturated carbocycles. The monoisotopic (exact) mass is 397 g/mol. The van der Waals surface area contributed by atoms with Crippen LogP contribution in [0.5, 0.6) is 0 Å². The molecule has 3 aromatic rings. The molecule has 0 aliphatic carbocycles. The lowest BCUT2D eigenvalue weighted by Gasteiger charge is -2.25. The molecule has 0 bridgehead atoms. The van der Waals surface area contributed by atoms with Gasteiger partial charge in [-0.25, -0.2) is 9.67 Å². The Labute approximate surface area is 170 Å². The summed E-state index contributed by atoms with van der Waals surface area (Å²) in [5, 5.41) is 7.80. The van der Waals surface area contributed by atoms with Crippen LogP contribution < -0.4 is 5.32 Å². The first-order valence-corrected chi connectivity index (χ1v) is 9.52. The van der Waals surface area contributed by atoms with Gasteiger partial charge in [-0.05, 0) is 50.2 Å². The van der Waals surface area contributed by atoms with Crippen LogP contribution in [0.4, 0.5) is 0 Å². The van der Waals surface area contributed by atoms with Gasteiger partial charge in [0.2, 0.25) is 5.91 Å². The maximum absolute atomic E-state index is 12.5. The van der Waals surface area contributed by atoms with Crippen molar-refractivity contribution < 1.29 is 4.79 Å². The second-order valence-corrected chi connectivity index (χ2v) is 7.24. The number of carbonyl (C=O) groups excluding carboxylic acids is 1. The summed E-state index contributed by atoms with van der Waals surface area (Å²) in [6, 6.07) is 15.6. The van der Waals surface area contributed by atoms with Crippen LogP contribution in [0.1, 0.15) is 37.1 Å². The van der Waals surface area contributed by atoms with Gasteiger partial charge in [-0.1, -0.05) is 41.9 Å². The smallest absolute Gasteiger partial charge is 0.234 e. The molecule has 2 aromatic carbocycles. The maximum atomic E-state index is 12.5. The minimum atomic E-state index is -0.146. The van der Waals surface area contributed by atoms with E-state index >= 15 is 0 Å². The second kappa shape index (κ2) is 8.99. The predicted molar refractivity (Wildman–Crippen MR) is 110 cm³/mol. The molecule has 146 valence electrons. The van der Waals surface area contributed by atoms with Gasteiger partial charge >= 0.3 is 0 Å². The van der Waals surface area contributed by atoms with Crippen LogP contribution in [0.3, 0.4) is 0 Å². The van der Waals surface area contributed by atoms with Gasteiger partial charge in [-0.3, -0.25) is 9.69 Å². The molecule has 6 nitrogen and oxygen atoms in total. The highest BCUT2D eigenvalue weighted by molar-refractivity contribution is 6.31. The average Bonchev–Trinajstić information content (AvgIpc) is 3.22. The fourth-order valence-corrected chi connectivity index (χ4v) is 3.36. The molecule has 0 aliphatic rings. The Bertz CT molecular complexity index is 911. The number of carbonyl (C=O) groups is 1. The molecule has 0 fully saturated rings. The Morgan fingerprint density at radius 3 is 2.54 bits per heavy atom. The van der Waals surface area contributed by atoms with E-state index in [9.17, 15) is 4.79 Å². The molecule has 1 heterocycles. The number of nitrogens with one attached hydrogen (secondary N) is 1. The van der Waals surface area contributed by atoms with Gasteiger partial charge < -0.3 is 5.32 Å². The third-order valence-corrected chi connectivity index (χ3v) is 5.21. The second-order valence-electron chi connectivity index (χ2n) is 6.83. The molecular formula is C21H24ClN5O. The lowest BCUT2D eigenvalue weighted by Crippen LogP contribution is -2.37. The number of aromatic nitrogens is 3. The molecule has 3 rings (SSSR count). The molecule has 1 N–H and O–H groups in total. The molecule has 0 saturated heterocycles. The zero-order chi connectivity index (χ0) is 20.1. The average molecular weight is 398 g/mol. The van der Waals surface area contributed by atoms with Crippen LogP contribution in [0, 0.1) is 0 Å². The van der Waals surface area contributed by atoms with Crippen molar-refractivity contribution in [3.8, 4) is 5.69 Å². The Balaban J connectivity index is 1.58. The highest BCUT2D eigenvalue weighted by atomic mass is 35.5. The van der Waals surface area contributed by atoms with Crippen molar-refractivity contribution in [3.05, 3.63) is 77.3 Å². The third kappa shape index (κ3) is 4.77. The first-order valence-electron chi connectivity index (χ1n) is 9.14. The van der Waals surface area contributed by atoms with Crippen LogP contribution in [0.25, 0.3) is 5.69 Å². The zero-order valence-electron chi connectivity index (χ0n) is 16.2. The van der Waals surface area contributed by atoms with Gasteiger partial charge in [-0.15, -0.1) is 0 Å². The van der Waals surface area contributed by atoms with E-state index in [4.69, 9.17) is 11.6 Å². The van der Waals surface area contributed by atoms with E-state index in [1.807, 2.05) is 67.4 Å². The summed E-state index contributed by atoms with van der Waals surface area (Å²) in [4.78, 5) is 18.5.